The number of carbonyl (C=O) groups excluding carboxylic acids is 1. The molecule has 0 radical (unpaired) electrons. The zero-order chi connectivity index (χ0) is 17.5. The number of hydrogen-bond donors (Lipinski definition) is 1. The minimum Gasteiger partial charge on any atom is -0.379 e. The first-order valence-electron chi connectivity index (χ1n) is 9.61. The Balaban J connectivity index is 1.51. The molecule has 1 aromatic rings. The van der Waals surface area contributed by atoms with Gasteiger partial charge in [-0.1, -0.05) is 36.8 Å². The van der Waals surface area contributed by atoms with E-state index in [1.807, 2.05) is 18.2 Å². The molecule has 138 valence electrons. The van der Waals surface area contributed by atoms with E-state index in [4.69, 9.17) is 4.74 Å². The Bertz CT molecular complexity index is 531. The molecule has 1 amide bonds. The number of rotatable bonds is 6. The van der Waals surface area contributed by atoms with Gasteiger partial charge in [0, 0.05) is 25.7 Å². The molecule has 3 rings (SSSR count). The Hall–Kier alpha value is -1.43. The molecule has 5 nitrogen and oxygen atoms in total. The van der Waals surface area contributed by atoms with E-state index in [2.05, 4.69) is 34.2 Å². The monoisotopic (exact) mass is 345 g/mol. The first-order valence-corrected chi connectivity index (χ1v) is 9.61. The molecule has 2 saturated heterocycles. The van der Waals surface area contributed by atoms with Crippen molar-refractivity contribution in [3.05, 3.63) is 35.9 Å². The number of likely N-dealkylation sites (tertiary alicyclic amines) is 1. The Kier molecular flexibility index (Phi) is 6.84. The molecule has 0 bridgehead atoms. The molecule has 0 saturated carbocycles. The van der Waals surface area contributed by atoms with Crippen molar-refractivity contribution in [1.82, 2.24) is 15.1 Å². The van der Waals surface area contributed by atoms with Gasteiger partial charge in [-0.25, -0.2) is 0 Å². The minimum atomic E-state index is 0.0520. The number of morpholine rings is 1. The molecular weight excluding hydrogens is 314 g/mol. The summed E-state index contributed by atoms with van der Waals surface area (Å²) in [5.74, 6) is 0.130. The van der Waals surface area contributed by atoms with Crippen LogP contribution in [0.3, 0.4) is 0 Å². The van der Waals surface area contributed by atoms with Crippen molar-refractivity contribution in [3.63, 3.8) is 0 Å². The van der Waals surface area contributed by atoms with Crippen LogP contribution in [0, 0.1) is 0 Å². The van der Waals surface area contributed by atoms with E-state index in [1.165, 1.54) is 19.3 Å². The van der Waals surface area contributed by atoms with Gasteiger partial charge in [0.2, 0.25) is 5.91 Å². The first-order chi connectivity index (χ1) is 12.2. The van der Waals surface area contributed by atoms with Crippen molar-refractivity contribution >= 4 is 5.91 Å². The molecule has 2 fully saturated rings. The molecule has 0 aliphatic carbocycles. The van der Waals surface area contributed by atoms with Crippen LogP contribution in [0.15, 0.2) is 30.3 Å². The summed E-state index contributed by atoms with van der Waals surface area (Å²) in [6, 6.07) is 10.7. The van der Waals surface area contributed by atoms with E-state index >= 15 is 0 Å². The second-order valence-electron chi connectivity index (χ2n) is 7.23. The number of ether oxygens (including phenoxy) is 1. The van der Waals surface area contributed by atoms with Crippen LogP contribution in [0.25, 0.3) is 0 Å². The standard InChI is InChI=1S/C20H31N3O2/c1-17(18-7-3-2-4-8-18)21-20(24)16-23-10-6-5-9-19(23)15-22-11-13-25-14-12-22/h2-4,7-8,17,19H,5-6,9-16H2,1H3,(H,21,24)/t17-,19-/m1/s1. The molecular formula is C20H31N3O2. The third kappa shape index (κ3) is 5.53. The summed E-state index contributed by atoms with van der Waals surface area (Å²) in [6.07, 6.45) is 3.66. The molecule has 25 heavy (non-hydrogen) atoms. The maximum absolute atomic E-state index is 12.5. The molecule has 2 atom stereocenters. The minimum absolute atomic E-state index is 0.0520. The fraction of sp³-hybridized carbons (Fsp3) is 0.650. The van der Waals surface area contributed by atoms with Crippen LogP contribution in [-0.2, 0) is 9.53 Å². The fourth-order valence-corrected chi connectivity index (χ4v) is 3.85. The molecule has 0 aromatic heterocycles. The Labute approximate surface area is 151 Å². The largest absolute Gasteiger partial charge is 0.379 e. The van der Waals surface area contributed by atoms with Gasteiger partial charge in [0.05, 0.1) is 25.8 Å². The van der Waals surface area contributed by atoms with E-state index in [0.717, 1.165) is 45.0 Å². The molecule has 0 spiro atoms. The van der Waals surface area contributed by atoms with Gasteiger partial charge in [0.1, 0.15) is 0 Å². The summed E-state index contributed by atoms with van der Waals surface area (Å²) in [4.78, 5) is 17.4. The zero-order valence-corrected chi connectivity index (χ0v) is 15.3. The number of hydrogen-bond acceptors (Lipinski definition) is 4. The molecule has 5 heteroatoms. The van der Waals surface area contributed by atoms with Crippen molar-refractivity contribution in [1.29, 1.82) is 0 Å². The Morgan fingerprint density at radius 2 is 1.96 bits per heavy atom. The smallest absolute Gasteiger partial charge is 0.234 e. The summed E-state index contributed by atoms with van der Waals surface area (Å²) >= 11 is 0. The molecule has 2 aliphatic rings. The van der Waals surface area contributed by atoms with Gasteiger partial charge in [-0.05, 0) is 31.9 Å². The van der Waals surface area contributed by atoms with Crippen LogP contribution in [0.4, 0.5) is 0 Å². The number of piperidine rings is 1. The average Bonchev–Trinajstić information content (AvgIpc) is 2.65. The van der Waals surface area contributed by atoms with E-state index in [1.54, 1.807) is 0 Å². The maximum atomic E-state index is 12.5. The average molecular weight is 345 g/mol. The highest BCUT2D eigenvalue weighted by Crippen LogP contribution is 2.19. The van der Waals surface area contributed by atoms with Crippen molar-refractivity contribution < 1.29 is 9.53 Å². The fourth-order valence-electron chi connectivity index (χ4n) is 3.85. The SMILES string of the molecule is C[C@@H](NC(=O)CN1CCCC[C@@H]1CN1CCOCC1)c1ccccc1. The van der Waals surface area contributed by atoms with Crippen LogP contribution in [0.1, 0.15) is 37.8 Å². The van der Waals surface area contributed by atoms with Gasteiger partial charge in [0.25, 0.3) is 0 Å². The van der Waals surface area contributed by atoms with Crippen molar-refractivity contribution in [2.24, 2.45) is 0 Å². The van der Waals surface area contributed by atoms with Gasteiger partial charge in [-0.15, -0.1) is 0 Å². The Morgan fingerprint density at radius 1 is 1.20 bits per heavy atom. The summed E-state index contributed by atoms with van der Waals surface area (Å²) in [5.41, 5.74) is 1.15. The highest BCUT2D eigenvalue weighted by atomic mass is 16.5. The van der Waals surface area contributed by atoms with Gasteiger partial charge in [0.15, 0.2) is 0 Å². The Morgan fingerprint density at radius 3 is 2.72 bits per heavy atom. The number of nitrogens with one attached hydrogen (secondary N) is 1. The topological polar surface area (TPSA) is 44.8 Å². The summed E-state index contributed by atoms with van der Waals surface area (Å²) in [7, 11) is 0. The predicted molar refractivity (Wildman–Crippen MR) is 99.5 cm³/mol. The van der Waals surface area contributed by atoms with Gasteiger partial charge >= 0.3 is 0 Å². The molecule has 2 heterocycles. The highest BCUT2D eigenvalue weighted by Gasteiger charge is 2.27. The van der Waals surface area contributed by atoms with Crippen molar-refractivity contribution in [3.8, 4) is 0 Å². The van der Waals surface area contributed by atoms with E-state index in [9.17, 15) is 4.79 Å². The summed E-state index contributed by atoms with van der Waals surface area (Å²) in [6.45, 7) is 8.35. The van der Waals surface area contributed by atoms with Gasteiger partial charge in [-0.3, -0.25) is 14.6 Å². The van der Waals surface area contributed by atoms with Crippen LogP contribution in [0.5, 0.6) is 0 Å². The molecule has 2 aliphatic heterocycles. The zero-order valence-electron chi connectivity index (χ0n) is 15.3. The van der Waals surface area contributed by atoms with Crippen molar-refractivity contribution in [2.75, 3.05) is 45.9 Å². The van der Waals surface area contributed by atoms with E-state index in [0.29, 0.717) is 12.6 Å². The lowest BCUT2D eigenvalue weighted by molar-refractivity contribution is -0.124. The first kappa shape index (κ1) is 18.4. The second-order valence-corrected chi connectivity index (χ2v) is 7.23. The number of benzene rings is 1. The predicted octanol–water partition coefficient (Wildman–Crippen LogP) is 2.05. The van der Waals surface area contributed by atoms with Crippen LogP contribution >= 0.6 is 0 Å². The van der Waals surface area contributed by atoms with Crippen LogP contribution in [0.2, 0.25) is 0 Å². The molecule has 0 unspecified atom stereocenters. The van der Waals surface area contributed by atoms with Crippen LogP contribution < -0.4 is 5.32 Å². The highest BCUT2D eigenvalue weighted by molar-refractivity contribution is 5.78. The summed E-state index contributed by atoms with van der Waals surface area (Å²) in [5, 5.41) is 3.15. The lowest BCUT2D eigenvalue weighted by Crippen LogP contribution is -2.52. The number of nitrogens with zero attached hydrogens (tertiary/aromatic N) is 2. The lowest BCUT2D eigenvalue weighted by atomic mass is 10.0. The van der Waals surface area contributed by atoms with Gasteiger partial charge < -0.3 is 10.1 Å². The number of carbonyl (C=O) groups is 1. The van der Waals surface area contributed by atoms with Gasteiger partial charge in [-0.2, -0.15) is 0 Å². The lowest BCUT2D eigenvalue weighted by Gasteiger charge is -2.39. The third-order valence-corrected chi connectivity index (χ3v) is 5.35. The maximum Gasteiger partial charge on any atom is 0.234 e. The third-order valence-electron chi connectivity index (χ3n) is 5.35. The van der Waals surface area contributed by atoms with Crippen LogP contribution in [-0.4, -0.2) is 67.7 Å². The summed E-state index contributed by atoms with van der Waals surface area (Å²) < 4.78 is 5.45. The van der Waals surface area contributed by atoms with Crippen molar-refractivity contribution in [2.45, 2.75) is 38.3 Å². The van der Waals surface area contributed by atoms with E-state index < -0.39 is 0 Å². The van der Waals surface area contributed by atoms with E-state index in [-0.39, 0.29) is 11.9 Å². The molecule has 1 N–H and O–H groups in total. The quantitative estimate of drug-likeness (QED) is 0.857. The molecule has 1 aromatic carbocycles. The number of amides is 1. The second kappa shape index (κ2) is 9.32. The normalized spacial score (nSPS) is 24.0.